The first kappa shape index (κ1) is 12.3. The van der Waals surface area contributed by atoms with E-state index in [0.29, 0.717) is 25.8 Å². The maximum atomic E-state index is 12.0. The molecule has 2 aliphatic rings. The number of ether oxygens (including phenoxy) is 1. The molecule has 6 heteroatoms. The standard InChI is InChI=1S/C11H19N3O3/c1-7(10(12)15)14-4-5-17-6-9(14)11(16)13-8-2-3-8/h7-9H,2-6H2,1H3,(H2,12,15)(H,13,16). The second-order valence-corrected chi connectivity index (χ2v) is 4.69. The highest BCUT2D eigenvalue weighted by Gasteiger charge is 2.36. The van der Waals surface area contributed by atoms with E-state index in [1.807, 2.05) is 4.90 Å². The van der Waals surface area contributed by atoms with E-state index in [4.69, 9.17) is 10.5 Å². The lowest BCUT2D eigenvalue weighted by Crippen LogP contribution is -2.59. The normalized spacial score (nSPS) is 27.5. The number of nitrogens with zero attached hydrogens (tertiary/aromatic N) is 1. The van der Waals surface area contributed by atoms with Crippen molar-refractivity contribution in [1.29, 1.82) is 0 Å². The molecule has 96 valence electrons. The van der Waals surface area contributed by atoms with Crippen molar-refractivity contribution in [3.63, 3.8) is 0 Å². The third-order valence-corrected chi connectivity index (χ3v) is 3.31. The summed E-state index contributed by atoms with van der Waals surface area (Å²) in [6, 6.07) is -0.518. The number of hydrogen-bond acceptors (Lipinski definition) is 4. The first-order chi connectivity index (χ1) is 8.09. The zero-order valence-electron chi connectivity index (χ0n) is 10.0. The third-order valence-electron chi connectivity index (χ3n) is 3.31. The van der Waals surface area contributed by atoms with Crippen LogP contribution in [0.25, 0.3) is 0 Å². The Hall–Kier alpha value is -1.14. The first-order valence-corrected chi connectivity index (χ1v) is 6.03. The largest absolute Gasteiger partial charge is 0.378 e. The van der Waals surface area contributed by atoms with Crippen molar-refractivity contribution in [3.8, 4) is 0 Å². The van der Waals surface area contributed by atoms with E-state index in [1.54, 1.807) is 6.92 Å². The second kappa shape index (κ2) is 5.01. The van der Waals surface area contributed by atoms with Crippen LogP contribution >= 0.6 is 0 Å². The fourth-order valence-corrected chi connectivity index (χ4v) is 1.99. The van der Waals surface area contributed by atoms with Crippen LogP contribution < -0.4 is 11.1 Å². The van der Waals surface area contributed by atoms with Gasteiger partial charge < -0.3 is 15.8 Å². The summed E-state index contributed by atoms with van der Waals surface area (Å²) in [5.41, 5.74) is 5.29. The monoisotopic (exact) mass is 241 g/mol. The quantitative estimate of drug-likeness (QED) is 0.650. The van der Waals surface area contributed by atoms with Crippen molar-refractivity contribution in [3.05, 3.63) is 0 Å². The van der Waals surface area contributed by atoms with E-state index in [1.165, 1.54) is 0 Å². The number of hydrogen-bond donors (Lipinski definition) is 2. The third kappa shape index (κ3) is 2.95. The van der Waals surface area contributed by atoms with Crippen molar-refractivity contribution in [2.45, 2.75) is 37.9 Å². The lowest BCUT2D eigenvalue weighted by atomic mass is 10.1. The van der Waals surface area contributed by atoms with Crippen molar-refractivity contribution in [2.24, 2.45) is 5.73 Å². The SMILES string of the molecule is CC(C(N)=O)N1CCOCC1C(=O)NC1CC1. The first-order valence-electron chi connectivity index (χ1n) is 6.03. The van der Waals surface area contributed by atoms with Crippen LogP contribution in [0.5, 0.6) is 0 Å². The van der Waals surface area contributed by atoms with Crippen LogP contribution in [-0.2, 0) is 14.3 Å². The second-order valence-electron chi connectivity index (χ2n) is 4.69. The van der Waals surface area contributed by atoms with Crippen LogP contribution in [0.1, 0.15) is 19.8 Å². The van der Waals surface area contributed by atoms with Crippen LogP contribution in [0.3, 0.4) is 0 Å². The molecule has 2 atom stereocenters. The topological polar surface area (TPSA) is 84.7 Å². The minimum atomic E-state index is -0.436. The van der Waals surface area contributed by atoms with Gasteiger partial charge in [-0.25, -0.2) is 0 Å². The van der Waals surface area contributed by atoms with Crippen LogP contribution in [0, 0.1) is 0 Å². The molecule has 0 aromatic carbocycles. The molecule has 2 fully saturated rings. The Balaban J connectivity index is 1.99. The summed E-state index contributed by atoms with van der Waals surface area (Å²) >= 11 is 0. The smallest absolute Gasteiger partial charge is 0.239 e. The molecule has 3 N–H and O–H groups in total. The predicted octanol–water partition coefficient (Wildman–Crippen LogP) is -1.16. The number of carbonyl (C=O) groups is 2. The zero-order chi connectivity index (χ0) is 12.4. The van der Waals surface area contributed by atoms with Gasteiger partial charge in [-0.2, -0.15) is 0 Å². The lowest BCUT2D eigenvalue weighted by Gasteiger charge is -2.37. The van der Waals surface area contributed by atoms with E-state index < -0.39 is 18.0 Å². The van der Waals surface area contributed by atoms with Gasteiger partial charge in [0.1, 0.15) is 6.04 Å². The lowest BCUT2D eigenvalue weighted by molar-refractivity contribution is -0.138. The Bertz CT molecular complexity index is 317. The molecule has 17 heavy (non-hydrogen) atoms. The van der Waals surface area contributed by atoms with Gasteiger partial charge in [-0.15, -0.1) is 0 Å². The number of nitrogens with two attached hydrogens (primary N) is 1. The molecule has 0 radical (unpaired) electrons. The molecule has 2 rings (SSSR count). The number of rotatable bonds is 4. The number of carbonyl (C=O) groups excluding carboxylic acids is 2. The summed E-state index contributed by atoms with van der Waals surface area (Å²) in [7, 11) is 0. The Morgan fingerprint density at radius 1 is 1.47 bits per heavy atom. The summed E-state index contributed by atoms with van der Waals surface area (Å²) < 4.78 is 5.31. The van der Waals surface area contributed by atoms with Crippen LogP contribution in [-0.4, -0.2) is 54.6 Å². The van der Waals surface area contributed by atoms with Crippen LogP contribution in [0.2, 0.25) is 0 Å². The molecule has 1 saturated heterocycles. The molecule has 2 unspecified atom stereocenters. The minimum absolute atomic E-state index is 0.0553. The van der Waals surface area contributed by atoms with Crippen LogP contribution in [0.15, 0.2) is 0 Å². The number of nitrogens with one attached hydrogen (secondary N) is 1. The Kier molecular flexibility index (Phi) is 3.63. The van der Waals surface area contributed by atoms with Gasteiger partial charge in [-0.05, 0) is 19.8 Å². The summed E-state index contributed by atoms with van der Waals surface area (Å²) in [6.45, 7) is 3.15. The summed E-state index contributed by atoms with van der Waals surface area (Å²) in [5.74, 6) is -0.462. The Morgan fingerprint density at radius 3 is 2.76 bits per heavy atom. The molecular weight excluding hydrogens is 222 g/mol. The molecule has 0 bridgehead atoms. The van der Waals surface area contributed by atoms with Gasteiger partial charge in [-0.3, -0.25) is 14.5 Å². The molecule has 0 aromatic heterocycles. The molecular formula is C11H19N3O3. The summed E-state index contributed by atoms with van der Waals surface area (Å²) in [5, 5.41) is 2.93. The number of amides is 2. The van der Waals surface area contributed by atoms with Crippen molar-refractivity contribution < 1.29 is 14.3 Å². The molecule has 1 saturated carbocycles. The van der Waals surface area contributed by atoms with Gasteiger partial charge in [0.2, 0.25) is 11.8 Å². The molecule has 6 nitrogen and oxygen atoms in total. The van der Waals surface area contributed by atoms with Crippen molar-refractivity contribution in [1.82, 2.24) is 10.2 Å². The zero-order valence-corrected chi connectivity index (χ0v) is 10.0. The number of morpholine rings is 1. The molecule has 0 spiro atoms. The Morgan fingerprint density at radius 2 is 2.18 bits per heavy atom. The van der Waals surface area contributed by atoms with Gasteiger partial charge >= 0.3 is 0 Å². The molecule has 1 heterocycles. The fourth-order valence-electron chi connectivity index (χ4n) is 1.99. The van der Waals surface area contributed by atoms with Gasteiger partial charge in [0, 0.05) is 12.6 Å². The fraction of sp³-hybridized carbons (Fsp3) is 0.818. The average molecular weight is 241 g/mol. The molecule has 0 aromatic rings. The highest BCUT2D eigenvalue weighted by Crippen LogP contribution is 2.20. The maximum absolute atomic E-state index is 12.0. The van der Waals surface area contributed by atoms with Gasteiger partial charge in [0.15, 0.2) is 0 Å². The number of primary amides is 1. The Labute approximate surface area is 100 Å². The van der Waals surface area contributed by atoms with Gasteiger partial charge in [0.25, 0.3) is 0 Å². The van der Waals surface area contributed by atoms with Crippen LogP contribution in [0.4, 0.5) is 0 Å². The van der Waals surface area contributed by atoms with E-state index in [2.05, 4.69) is 5.32 Å². The van der Waals surface area contributed by atoms with Crippen molar-refractivity contribution >= 4 is 11.8 Å². The van der Waals surface area contributed by atoms with E-state index >= 15 is 0 Å². The maximum Gasteiger partial charge on any atom is 0.239 e. The average Bonchev–Trinajstić information content (AvgIpc) is 3.11. The molecule has 1 aliphatic carbocycles. The van der Waals surface area contributed by atoms with Gasteiger partial charge in [-0.1, -0.05) is 0 Å². The summed E-state index contributed by atoms with van der Waals surface area (Å²) in [6.07, 6.45) is 2.09. The van der Waals surface area contributed by atoms with E-state index in [9.17, 15) is 9.59 Å². The molecule has 2 amide bonds. The predicted molar refractivity (Wildman–Crippen MR) is 61.1 cm³/mol. The van der Waals surface area contributed by atoms with Gasteiger partial charge in [0.05, 0.1) is 19.3 Å². The highest BCUT2D eigenvalue weighted by atomic mass is 16.5. The van der Waals surface area contributed by atoms with Crippen molar-refractivity contribution in [2.75, 3.05) is 19.8 Å². The molecule has 1 aliphatic heterocycles. The van der Waals surface area contributed by atoms with E-state index in [0.717, 1.165) is 12.8 Å². The van der Waals surface area contributed by atoms with E-state index in [-0.39, 0.29) is 5.91 Å². The minimum Gasteiger partial charge on any atom is -0.378 e. The highest BCUT2D eigenvalue weighted by molar-refractivity contribution is 5.85. The summed E-state index contributed by atoms with van der Waals surface area (Å²) in [4.78, 5) is 25.0.